The third kappa shape index (κ3) is 3.54. The fourth-order valence-corrected chi connectivity index (χ4v) is 1.14. The Morgan fingerprint density at radius 1 is 1.33 bits per heavy atom. The maximum Gasteiger partial charge on any atom is 0.316 e. The van der Waals surface area contributed by atoms with E-state index in [0.29, 0.717) is 5.57 Å². The van der Waals surface area contributed by atoms with Crippen molar-refractivity contribution in [2.45, 2.75) is 13.3 Å². The van der Waals surface area contributed by atoms with E-state index in [4.69, 9.17) is 4.74 Å². The van der Waals surface area contributed by atoms with Gasteiger partial charge in [-0.3, -0.25) is 9.59 Å². The molecule has 1 rings (SSSR count). The summed E-state index contributed by atoms with van der Waals surface area (Å²) in [5.41, 5.74) is 0.492. The second-order valence-corrected chi connectivity index (χ2v) is 3.42. The van der Waals surface area contributed by atoms with Crippen molar-refractivity contribution in [2.75, 3.05) is 6.61 Å². The number of rotatable bonds is 5. The molecule has 0 saturated heterocycles. The Bertz CT molecular complexity index is 325. The Morgan fingerprint density at radius 3 is 2.47 bits per heavy atom. The number of ether oxygens (including phenoxy) is 1. The first kappa shape index (κ1) is 11.4. The highest BCUT2D eigenvalue weighted by atomic mass is 16.5. The van der Waals surface area contributed by atoms with Crippen LogP contribution in [0.1, 0.15) is 13.3 Å². The minimum atomic E-state index is -0.311. The molecule has 3 heteroatoms. The topological polar surface area (TPSA) is 43.4 Å². The second-order valence-electron chi connectivity index (χ2n) is 3.42. The maximum absolute atomic E-state index is 11.3. The van der Waals surface area contributed by atoms with E-state index in [1.54, 1.807) is 31.2 Å². The summed E-state index contributed by atoms with van der Waals surface area (Å²) in [5.74, 6) is -0.667. The van der Waals surface area contributed by atoms with Gasteiger partial charge in [0.1, 0.15) is 0 Å². The Labute approximate surface area is 89.1 Å². The first-order valence-electron chi connectivity index (χ1n) is 4.81. The zero-order chi connectivity index (χ0) is 11.3. The van der Waals surface area contributed by atoms with Crippen LogP contribution in [0, 0.1) is 5.92 Å². The summed E-state index contributed by atoms with van der Waals surface area (Å²) < 4.78 is 4.94. The van der Waals surface area contributed by atoms with Crippen molar-refractivity contribution in [3.8, 4) is 0 Å². The summed E-state index contributed by atoms with van der Waals surface area (Å²) in [6, 6.07) is 0. The molecule has 0 aliphatic heterocycles. The van der Waals surface area contributed by atoms with E-state index < -0.39 is 0 Å². The van der Waals surface area contributed by atoms with Gasteiger partial charge in [-0.25, -0.2) is 0 Å². The lowest BCUT2D eigenvalue weighted by molar-refractivity contribution is -0.145. The largest absolute Gasteiger partial charge is 0.465 e. The molecule has 1 aliphatic carbocycles. The summed E-state index contributed by atoms with van der Waals surface area (Å²) in [5, 5.41) is 0. The fraction of sp³-hybridized carbons (Fsp3) is 0.333. The Balaban J connectivity index is 2.23. The molecule has 0 heterocycles. The summed E-state index contributed by atoms with van der Waals surface area (Å²) in [6.07, 6.45) is 7.31. The highest BCUT2D eigenvalue weighted by Gasteiger charge is 2.15. The number of allylic oxidation sites excluding steroid dienone is 3. The second kappa shape index (κ2) is 5.29. The van der Waals surface area contributed by atoms with E-state index in [2.05, 4.69) is 6.58 Å². The molecule has 1 aliphatic rings. The third-order valence-corrected chi connectivity index (χ3v) is 2.07. The quantitative estimate of drug-likeness (QED) is 0.509. The van der Waals surface area contributed by atoms with Gasteiger partial charge in [-0.2, -0.15) is 0 Å². The molecular formula is C12H14O3. The molecule has 0 amide bonds. The average Bonchev–Trinajstić information content (AvgIpc) is 2.70. The van der Waals surface area contributed by atoms with Crippen molar-refractivity contribution >= 4 is 11.8 Å². The van der Waals surface area contributed by atoms with Crippen molar-refractivity contribution < 1.29 is 14.3 Å². The van der Waals surface area contributed by atoms with Crippen LogP contribution < -0.4 is 0 Å². The summed E-state index contributed by atoms with van der Waals surface area (Å²) in [4.78, 5) is 22.5. The van der Waals surface area contributed by atoms with Crippen molar-refractivity contribution in [2.24, 2.45) is 5.92 Å². The van der Waals surface area contributed by atoms with Crippen molar-refractivity contribution in [1.82, 2.24) is 0 Å². The number of hydrogen-bond acceptors (Lipinski definition) is 3. The first-order chi connectivity index (χ1) is 7.11. The van der Waals surface area contributed by atoms with Crippen molar-refractivity contribution in [3.63, 3.8) is 0 Å². The molecule has 15 heavy (non-hydrogen) atoms. The minimum absolute atomic E-state index is 0.0692. The molecule has 0 fully saturated rings. The number of carbonyl (C=O) groups is 2. The average molecular weight is 206 g/mol. The van der Waals surface area contributed by atoms with Crippen LogP contribution in [0.3, 0.4) is 0 Å². The van der Waals surface area contributed by atoms with Crippen LogP contribution >= 0.6 is 0 Å². The van der Waals surface area contributed by atoms with Gasteiger partial charge in [0.2, 0.25) is 0 Å². The number of hydrogen-bond donors (Lipinski definition) is 0. The monoisotopic (exact) mass is 206 g/mol. The van der Waals surface area contributed by atoms with Gasteiger partial charge in [0.25, 0.3) is 0 Å². The standard InChI is InChI=1S/C12H14O3/c1-9(2)11(13)7-8-15-12(14)10-5-3-4-6-10/h3-6,10H,1,7-8H2,2H3. The van der Waals surface area contributed by atoms with Gasteiger partial charge >= 0.3 is 5.97 Å². The molecule has 0 spiro atoms. The van der Waals surface area contributed by atoms with Crippen LogP contribution in [0.5, 0.6) is 0 Å². The molecule has 0 unspecified atom stereocenters. The zero-order valence-electron chi connectivity index (χ0n) is 8.73. The molecule has 0 aromatic heterocycles. The highest BCUT2D eigenvalue weighted by Crippen LogP contribution is 2.10. The molecule has 0 radical (unpaired) electrons. The van der Waals surface area contributed by atoms with Crippen molar-refractivity contribution in [3.05, 3.63) is 36.5 Å². The SMILES string of the molecule is C=C(C)C(=O)CCOC(=O)C1C=CC=C1. The number of Topliss-reactive ketones (excluding diaryl/α,β-unsaturated/α-hetero) is 1. The van der Waals surface area contributed by atoms with Gasteiger partial charge in [0.05, 0.1) is 12.5 Å². The van der Waals surface area contributed by atoms with Gasteiger partial charge in [0.15, 0.2) is 5.78 Å². The van der Waals surface area contributed by atoms with Crippen molar-refractivity contribution in [1.29, 1.82) is 0 Å². The minimum Gasteiger partial charge on any atom is -0.465 e. The molecule has 0 aromatic carbocycles. The molecular weight excluding hydrogens is 192 g/mol. The van der Waals surface area contributed by atoms with E-state index in [1.807, 2.05) is 0 Å². The van der Waals surface area contributed by atoms with E-state index in [1.165, 1.54) is 0 Å². The molecule has 0 aromatic rings. The fourth-order valence-electron chi connectivity index (χ4n) is 1.14. The van der Waals surface area contributed by atoms with Gasteiger partial charge in [-0.15, -0.1) is 0 Å². The Kier molecular flexibility index (Phi) is 4.03. The van der Waals surface area contributed by atoms with Gasteiger partial charge in [-0.05, 0) is 12.5 Å². The molecule has 80 valence electrons. The van der Waals surface area contributed by atoms with Gasteiger partial charge < -0.3 is 4.74 Å². The number of esters is 1. The lowest BCUT2D eigenvalue weighted by Gasteiger charge is -2.06. The lowest BCUT2D eigenvalue weighted by Crippen LogP contribution is -2.15. The predicted molar refractivity (Wildman–Crippen MR) is 57.2 cm³/mol. The Hall–Kier alpha value is -1.64. The van der Waals surface area contributed by atoms with Crippen LogP contribution in [0.15, 0.2) is 36.5 Å². The third-order valence-electron chi connectivity index (χ3n) is 2.07. The smallest absolute Gasteiger partial charge is 0.316 e. The molecule has 3 nitrogen and oxygen atoms in total. The maximum atomic E-state index is 11.3. The van der Waals surface area contributed by atoms with E-state index in [-0.39, 0.29) is 30.7 Å². The van der Waals surface area contributed by atoms with Gasteiger partial charge in [-0.1, -0.05) is 30.9 Å². The first-order valence-corrected chi connectivity index (χ1v) is 4.81. The van der Waals surface area contributed by atoms with Crippen LogP contribution in [0.2, 0.25) is 0 Å². The predicted octanol–water partition coefficient (Wildman–Crippen LogP) is 1.81. The highest BCUT2D eigenvalue weighted by molar-refractivity contribution is 5.94. The molecule has 0 saturated carbocycles. The number of ketones is 1. The molecule has 0 bridgehead atoms. The molecule has 0 atom stereocenters. The van der Waals surface area contributed by atoms with Crippen LogP contribution in [-0.2, 0) is 14.3 Å². The van der Waals surface area contributed by atoms with Gasteiger partial charge in [0, 0.05) is 6.42 Å². The van der Waals surface area contributed by atoms with E-state index >= 15 is 0 Å². The molecule has 0 N–H and O–H groups in total. The zero-order valence-corrected chi connectivity index (χ0v) is 8.73. The van der Waals surface area contributed by atoms with Crippen LogP contribution in [0.4, 0.5) is 0 Å². The van der Waals surface area contributed by atoms with E-state index in [0.717, 1.165) is 0 Å². The van der Waals surface area contributed by atoms with E-state index in [9.17, 15) is 9.59 Å². The lowest BCUT2D eigenvalue weighted by atomic mass is 10.1. The summed E-state index contributed by atoms with van der Waals surface area (Å²) >= 11 is 0. The normalized spacial score (nSPS) is 14.2. The van der Waals surface area contributed by atoms with Crippen LogP contribution in [-0.4, -0.2) is 18.4 Å². The summed E-state index contributed by atoms with van der Waals surface area (Å²) in [7, 11) is 0. The summed E-state index contributed by atoms with van der Waals surface area (Å²) in [6.45, 7) is 5.29. The Morgan fingerprint density at radius 2 is 1.93 bits per heavy atom. The number of carbonyl (C=O) groups excluding carboxylic acids is 2. The van der Waals surface area contributed by atoms with Crippen LogP contribution in [0.25, 0.3) is 0 Å².